The summed E-state index contributed by atoms with van der Waals surface area (Å²) in [5, 5.41) is 48.7. The second kappa shape index (κ2) is 32.1. The first-order valence-corrected chi connectivity index (χ1v) is 26.6. The molecule has 10 unspecified atom stereocenters. The van der Waals surface area contributed by atoms with E-state index >= 15 is 0 Å². The average Bonchev–Trinajstić information content (AvgIpc) is 3.94. The van der Waals surface area contributed by atoms with Crippen LogP contribution < -0.4 is 57.4 Å². The number of esters is 2. The molecule has 77 heavy (non-hydrogen) atoms. The summed E-state index contributed by atoms with van der Waals surface area (Å²) >= 11 is 6.69. The van der Waals surface area contributed by atoms with Crippen molar-refractivity contribution in [2.45, 2.75) is 178 Å². The Kier molecular flexibility index (Phi) is 30.6. The maximum Gasteiger partial charge on any atom is 1.00 e. The maximum absolute atomic E-state index is 12.4. The Hall–Kier alpha value is -3.51. The Morgan fingerprint density at radius 2 is 1.21 bits per heavy atom. The SMILES string of the molecule is C1CCOC1.CC(C)(C)OC(=O)N1C(=O)C2CC(C(N)=O)C1C(O)C2Br.CC(C)(C)OC(=O)N1C(=O)C2CC3C(=O)OC(C2Br)C31.CCO.CCOC(=O)C1=C[C@H](O)[C@@H](N=C([O-])OC(C)(C)C)[C@H](C(N)=O)C1.CC[O-].N.[Na+]. The number of primary amides is 2. The smallest absolute Gasteiger partial charge is 0.855 e. The number of rotatable bonds is 5. The first-order chi connectivity index (χ1) is 34.6. The summed E-state index contributed by atoms with van der Waals surface area (Å²) in [6.45, 7) is 22.5. The van der Waals surface area contributed by atoms with Crippen molar-refractivity contribution in [2.75, 3.05) is 33.0 Å². The van der Waals surface area contributed by atoms with Gasteiger partial charge in [-0.05, 0) is 93.6 Å². The number of aliphatic hydroxyl groups excluding tert-OH is 3. The Morgan fingerprint density at radius 3 is 1.61 bits per heavy atom. The van der Waals surface area contributed by atoms with Crippen LogP contribution in [0.3, 0.4) is 0 Å². The minimum absolute atomic E-state index is 0. The molecule has 6 bridgehead atoms. The number of hydrogen-bond acceptors (Lipinski definition) is 21. The molecular formula is C49H80Br2N6NaO19-. The fourth-order valence-corrected chi connectivity index (χ4v) is 10.4. The van der Waals surface area contributed by atoms with E-state index in [1.54, 1.807) is 83.1 Å². The van der Waals surface area contributed by atoms with Crippen LogP contribution in [0.25, 0.3) is 0 Å². The molecule has 8 fully saturated rings. The number of aliphatic imine (C=N–C) groups is 1. The molecule has 6 heterocycles. The van der Waals surface area contributed by atoms with Gasteiger partial charge >= 0.3 is 53.7 Å². The van der Waals surface area contributed by atoms with Gasteiger partial charge in [0, 0.05) is 31.0 Å². The summed E-state index contributed by atoms with van der Waals surface area (Å²) < 4.78 is 30.6. The van der Waals surface area contributed by atoms with Crippen molar-refractivity contribution in [3.05, 3.63) is 11.6 Å². The fourth-order valence-electron chi connectivity index (χ4n) is 8.80. The van der Waals surface area contributed by atoms with Crippen LogP contribution in [0.15, 0.2) is 16.6 Å². The number of hydrogen-bond donors (Lipinski definition) is 6. The van der Waals surface area contributed by atoms with Crippen molar-refractivity contribution >= 4 is 85.7 Å². The van der Waals surface area contributed by atoms with Crippen LogP contribution in [0.5, 0.6) is 0 Å². The van der Waals surface area contributed by atoms with Crippen molar-refractivity contribution in [2.24, 2.45) is 46.0 Å². The predicted octanol–water partition coefficient (Wildman–Crippen LogP) is -1.59. The number of ether oxygens (including phenoxy) is 6. The van der Waals surface area contributed by atoms with Crippen LogP contribution in [0, 0.1) is 29.6 Å². The molecular weight excluding hydrogens is 1160 g/mol. The first-order valence-electron chi connectivity index (χ1n) is 24.8. The molecule has 6 amide bonds. The number of fused-ring (bicyclic) bond motifs is 4. The second-order valence-corrected chi connectivity index (χ2v) is 23.2. The second-order valence-electron chi connectivity index (χ2n) is 21.1. The van der Waals surface area contributed by atoms with E-state index in [9.17, 15) is 53.7 Å². The fraction of sp³-hybridized carbons (Fsp3) is 0.776. The van der Waals surface area contributed by atoms with E-state index in [1.807, 2.05) is 0 Å². The van der Waals surface area contributed by atoms with Gasteiger partial charge in [-0.15, -0.1) is 6.61 Å². The topological polar surface area (TPSA) is 405 Å². The number of imide groups is 2. The average molecular weight is 1240 g/mol. The van der Waals surface area contributed by atoms with Crippen LogP contribution >= 0.6 is 31.9 Å². The predicted molar refractivity (Wildman–Crippen MR) is 276 cm³/mol. The summed E-state index contributed by atoms with van der Waals surface area (Å²) in [4.78, 5) is 101. The van der Waals surface area contributed by atoms with Gasteiger partial charge in [0.25, 0.3) is 0 Å². The molecule has 0 aromatic heterocycles. The number of carbonyl (C=O) groups excluding carboxylic acids is 8. The van der Waals surface area contributed by atoms with Gasteiger partial charge in [-0.2, -0.15) is 0 Å². The van der Waals surface area contributed by atoms with Crippen LogP contribution in [-0.4, -0.2) is 175 Å². The monoisotopic (exact) mass is 1240 g/mol. The number of amides is 6. The number of alkyl halides is 2. The molecule has 0 aromatic carbocycles. The minimum atomic E-state index is -1.31. The summed E-state index contributed by atoms with van der Waals surface area (Å²) in [6.07, 6.45) is -0.870. The number of aliphatic hydroxyl groups is 3. The molecule has 3 aliphatic carbocycles. The number of nitrogens with zero attached hydrogens (tertiary/aromatic N) is 3. The van der Waals surface area contributed by atoms with E-state index in [0.29, 0.717) is 6.42 Å². The van der Waals surface area contributed by atoms with Crippen molar-refractivity contribution in [1.29, 1.82) is 0 Å². The summed E-state index contributed by atoms with van der Waals surface area (Å²) in [5.41, 5.74) is 8.57. The van der Waals surface area contributed by atoms with Gasteiger partial charge in [0.1, 0.15) is 23.4 Å². The molecule has 0 radical (unpaired) electrons. The van der Waals surface area contributed by atoms with E-state index in [-0.39, 0.29) is 90.6 Å². The Balaban J connectivity index is 0.00000101. The molecule has 9 rings (SSSR count). The van der Waals surface area contributed by atoms with Crippen molar-refractivity contribution in [3.63, 3.8) is 0 Å². The maximum atomic E-state index is 12.4. The van der Waals surface area contributed by atoms with Crippen LogP contribution in [-0.2, 0) is 57.2 Å². The number of piperidine rings is 4. The molecule has 436 valence electrons. The Morgan fingerprint density at radius 1 is 0.766 bits per heavy atom. The van der Waals surface area contributed by atoms with Gasteiger partial charge in [-0.3, -0.25) is 29.0 Å². The molecule has 2 saturated carbocycles. The quantitative estimate of drug-likeness (QED) is 0.0451. The number of carbonyl (C=O) groups is 8. The molecule has 28 heteroatoms. The van der Waals surface area contributed by atoms with Crippen molar-refractivity contribution in [1.82, 2.24) is 16.0 Å². The zero-order valence-corrected chi connectivity index (χ0v) is 51.7. The third-order valence-corrected chi connectivity index (χ3v) is 14.0. The van der Waals surface area contributed by atoms with Crippen molar-refractivity contribution < 1.29 is 122 Å². The molecule has 25 nitrogen and oxygen atoms in total. The molecule has 0 spiro atoms. The van der Waals surface area contributed by atoms with Crippen LogP contribution in [0.4, 0.5) is 9.59 Å². The Labute approximate surface area is 489 Å². The molecule has 10 N–H and O–H groups in total. The van der Waals surface area contributed by atoms with E-state index in [4.69, 9.17) is 50.1 Å². The first kappa shape index (κ1) is 73.5. The molecule has 6 saturated heterocycles. The summed E-state index contributed by atoms with van der Waals surface area (Å²) in [7, 11) is 0. The van der Waals surface area contributed by atoms with Crippen LogP contribution in [0.2, 0.25) is 0 Å². The van der Waals surface area contributed by atoms with E-state index in [2.05, 4.69) is 36.9 Å². The molecule has 0 aromatic rings. The third kappa shape index (κ3) is 20.8. The zero-order valence-electron chi connectivity index (χ0n) is 46.5. The van der Waals surface area contributed by atoms with Crippen molar-refractivity contribution in [3.8, 4) is 0 Å². The minimum Gasteiger partial charge on any atom is -0.855 e. The zero-order chi connectivity index (χ0) is 57.7. The van der Waals surface area contributed by atoms with Gasteiger partial charge in [-0.1, -0.05) is 59.6 Å². The molecule has 6 aliphatic heterocycles. The van der Waals surface area contributed by atoms with E-state index in [1.165, 1.54) is 18.9 Å². The van der Waals surface area contributed by atoms with E-state index in [0.717, 1.165) is 23.0 Å². The molecule has 13 atom stereocenters. The summed E-state index contributed by atoms with van der Waals surface area (Å²) in [6, 6.07) is -2.63. The van der Waals surface area contributed by atoms with Crippen LogP contribution in [0.1, 0.15) is 115 Å². The number of halogens is 2. The normalized spacial score (nSPS) is 29.5. The van der Waals surface area contributed by atoms with Gasteiger partial charge < -0.3 is 71.6 Å². The van der Waals surface area contributed by atoms with Gasteiger partial charge in [-0.25, -0.2) is 24.2 Å². The summed E-state index contributed by atoms with van der Waals surface area (Å²) in [5.74, 6) is -6.34. The third-order valence-electron chi connectivity index (χ3n) is 11.7. The Bertz CT molecular complexity index is 2070. The van der Waals surface area contributed by atoms with Gasteiger partial charge in [0.05, 0.1) is 76.2 Å². The van der Waals surface area contributed by atoms with E-state index < -0.39 is 130 Å². The molecule has 9 aliphatic rings. The largest absolute Gasteiger partial charge is 1.00 e. The standard InChI is InChI=1S/C15H24N2O6.C13H19BrN2O5.C13H16BrNO5.C4H8O.C2H6O.C2H5O.H3N.Na/c1-5-22-13(20)8-6-9(12(16)19)11(10(18)7-8)17-14(21)23-15(2,3)4;1-13(2,3)21-12(20)16-8-6(10(15)18)4-5(11(16)19)7(14)9(8)17;1-13(2,3)20-12(18)15-8-6-4-5(10(15)16)7(14)9(8)19-11(6)17;1-2-4-5-3-1;2*1-2-3;;/h7,9-11,18H,5-6H2,1-4H3,(H2,16,19)(H,17,21);5-9,17H,4H2,1-3H3,(H2,15,18);5-9H,4H2,1-3H3;1-4H2;3H,2H2,1H3;2H2,1H3;1H3;/q;;;;;-1;;+1/p-1/t9-,10+,11+;;;;;;;/m1......./s1. The number of nitrogens with two attached hydrogens (primary N) is 2. The van der Waals surface area contributed by atoms with Gasteiger partial charge in [0.15, 0.2) is 0 Å². The van der Waals surface area contributed by atoms with Gasteiger partial charge in [0.2, 0.25) is 23.6 Å².